The third kappa shape index (κ3) is 4.27. The summed E-state index contributed by atoms with van der Waals surface area (Å²) in [6, 6.07) is 0. The Kier molecular flexibility index (Phi) is 5.10. The van der Waals surface area contributed by atoms with Gasteiger partial charge in [0.2, 0.25) is 0 Å². The number of carboxylic acids is 1. The number of carbonyl (C=O) groups excluding carboxylic acids is 1. The maximum Gasteiger partial charge on any atom is 0.306 e. The molecule has 0 spiro atoms. The van der Waals surface area contributed by atoms with E-state index in [0.29, 0.717) is 13.1 Å². The Hall–Kier alpha value is -1.14. The van der Waals surface area contributed by atoms with E-state index in [-0.39, 0.29) is 12.3 Å². The summed E-state index contributed by atoms with van der Waals surface area (Å²) in [6.45, 7) is 4.65. The molecule has 0 aromatic heterocycles. The van der Waals surface area contributed by atoms with Crippen LogP contribution in [0.25, 0.3) is 0 Å². The highest BCUT2D eigenvalue weighted by Crippen LogP contribution is 2.19. The van der Waals surface area contributed by atoms with Crippen LogP contribution in [0.1, 0.15) is 33.1 Å². The topological polar surface area (TPSA) is 76.1 Å². The van der Waals surface area contributed by atoms with Crippen LogP contribution >= 0.6 is 0 Å². The highest BCUT2D eigenvalue weighted by atomic mass is 16.7. The van der Waals surface area contributed by atoms with Gasteiger partial charge in [0.05, 0.1) is 6.42 Å². The first-order valence-corrected chi connectivity index (χ1v) is 6.09. The summed E-state index contributed by atoms with van der Waals surface area (Å²) in [5, 5.41) is 8.85. The molecule has 1 aliphatic rings. The number of methoxy groups -OCH3 is 1. The summed E-state index contributed by atoms with van der Waals surface area (Å²) in [5.41, 5.74) is 0. The molecule has 18 heavy (non-hydrogen) atoms. The summed E-state index contributed by atoms with van der Waals surface area (Å²) in [6.07, 6.45) is 0.580. The maximum absolute atomic E-state index is 12.2. The molecule has 0 saturated carbocycles. The van der Waals surface area contributed by atoms with Gasteiger partial charge >= 0.3 is 5.97 Å². The van der Waals surface area contributed by atoms with E-state index in [1.54, 1.807) is 18.7 Å². The van der Waals surface area contributed by atoms with Crippen molar-refractivity contribution in [2.75, 3.05) is 20.2 Å². The van der Waals surface area contributed by atoms with Crippen molar-refractivity contribution < 1.29 is 24.2 Å². The summed E-state index contributed by atoms with van der Waals surface area (Å²) >= 11 is 0. The maximum atomic E-state index is 12.2. The molecule has 0 aromatic carbocycles. The van der Waals surface area contributed by atoms with Gasteiger partial charge in [0.15, 0.2) is 5.79 Å². The SMILES string of the molecule is COC(C)(C)OC(CC(=O)O)C(=O)N1CCCC1. The predicted octanol–water partition coefficient (Wildman–Crippen LogP) is 0.851. The first kappa shape index (κ1) is 14.9. The average Bonchev–Trinajstić information content (AvgIpc) is 2.79. The van der Waals surface area contributed by atoms with E-state index in [2.05, 4.69) is 0 Å². The van der Waals surface area contributed by atoms with Crippen LogP contribution in [0.5, 0.6) is 0 Å². The molecule has 1 heterocycles. The molecule has 0 radical (unpaired) electrons. The molecular weight excluding hydrogens is 238 g/mol. The highest BCUT2D eigenvalue weighted by Gasteiger charge is 2.33. The standard InChI is InChI=1S/C12H21NO5/c1-12(2,17-3)18-9(8-10(14)15)11(16)13-6-4-5-7-13/h9H,4-8H2,1-3H3,(H,14,15). The van der Waals surface area contributed by atoms with Gasteiger partial charge in [-0.25, -0.2) is 0 Å². The van der Waals surface area contributed by atoms with E-state index in [1.807, 2.05) is 0 Å². The van der Waals surface area contributed by atoms with Crippen molar-refractivity contribution >= 4 is 11.9 Å². The Labute approximate surface area is 107 Å². The van der Waals surface area contributed by atoms with Gasteiger partial charge in [0, 0.05) is 20.2 Å². The Morgan fingerprint density at radius 1 is 1.33 bits per heavy atom. The number of rotatable bonds is 6. The van der Waals surface area contributed by atoms with E-state index in [1.165, 1.54) is 7.11 Å². The second kappa shape index (κ2) is 6.15. The van der Waals surface area contributed by atoms with Crippen LogP contribution in [0.4, 0.5) is 0 Å². The second-order valence-corrected chi connectivity index (χ2v) is 4.84. The molecule has 0 aromatic rings. The van der Waals surface area contributed by atoms with E-state index in [9.17, 15) is 9.59 Å². The summed E-state index contributed by atoms with van der Waals surface area (Å²) in [5.74, 6) is -2.30. The fraction of sp³-hybridized carbons (Fsp3) is 0.833. The zero-order valence-corrected chi connectivity index (χ0v) is 11.1. The van der Waals surface area contributed by atoms with E-state index >= 15 is 0 Å². The van der Waals surface area contributed by atoms with Crippen LogP contribution in [0.3, 0.4) is 0 Å². The molecule has 6 heteroatoms. The molecule has 1 amide bonds. The van der Waals surface area contributed by atoms with Crippen LogP contribution in [-0.2, 0) is 19.1 Å². The lowest BCUT2D eigenvalue weighted by atomic mass is 10.2. The van der Waals surface area contributed by atoms with Gasteiger partial charge in [-0.2, -0.15) is 0 Å². The summed E-state index contributed by atoms with van der Waals surface area (Å²) in [7, 11) is 1.46. The fourth-order valence-electron chi connectivity index (χ4n) is 1.87. The number of amides is 1. The highest BCUT2D eigenvalue weighted by molar-refractivity contribution is 5.85. The molecule has 0 bridgehead atoms. The number of carboxylic acid groups (broad SMARTS) is 1. The average molecular weight is 259 g/mol. The molecule has 1 aliphatic heterocycles. The second-order valence-electron chi connectivity index (χ2n) is 4.84. The van der Waals surface area contributed by atoms with Crippen molar-refractivity contribution in [3.63, 3.8) is 0 Å². The number of carbonyl (C=O) groups is 2. The first-order chi connectivity index (χ1) is 8.35. The largest absolute Gasteiger partial charge is 0.481 e. The van der Waals surface area contributed by atoms with Crippen molar-refractivity contribution in [2.45, 2.75) is 45.0 Å². The summed E-state index contributed by atoms with van der Waals surface area (Å²) in [4.78, 5) is 24.6. The zero-order chi connectivity index (χ0) is 13.8. The van der Waals surface area contributed by atoms with Gasteiger partial charge in [-0.3, -0.25) is 9.59 Å². The third-order valence-corrected chi connectivity index (χ3v) is 2.97. The van der Waals surface area contributed by atoms with Crippen LogP contribution < -0.4 is 0 Å². The molecule has 6 nitrogen and oxygen atoms in total. The molecule has 1 N–H and O–H groups in total. The molecule has 1 saturated heterocycles. The number of hydrogen-bond donors (Lipinski definition) is 1. The van der Waals surface area contributed by atoms with Crippen LogP contribution in [0, 0.1) is 0 Å². The lowest BCUT2D eigenvalue weighted by Gasteiger charge is -2.30. The van der Waals surface area contributed by atoms with Gasteiger partial charge in [0.1, 0.15) is 6.10 Å². The lowest BCUT2D eigenvalue weighted by molar-refractivity contribution is -0.227. The molecule has 1 atom stereocenters. The van der Waals surface area contributed by atoms with Crippen LogP contribution in [0.15, 0.2) is 0 Å². The minimum absolute atomic E-state index is 0.264. The minimum atomic E-state index is -1.06. The monoisotopic (exact) mass is 259 g/mol. The minimum Gasteiger partial charge on any atom is -0.481 e. The van der Waals surface area contributed by atoms with Crippen LogP contribution in [-0.4, -0.2) is 54.0 Å². The Bertz CT molecular complexity index is 310. The van der Waals surface area contributed by atoms with Gasteiger partial charge < -0.3 is 19.5 Å². The Balaban J connectivity index is 2.70. The van der Waals surface area contributed by atoms with Crippen molar-refractivity contribution in [3.8, 4) is 0 Å². The Morgan fingerprint density at radius 2 is 1.89 bits per heavy atom. The van der Waals surface area contributed by atoms with Gasteiger partial charge in [-0.05, 0) is 26.7 Å². The van der Waals surface area contributed by atoms with E-state index < -0.39 is 17.9 Å². The smallest absolute Gasteiger partial charge is 0.306 e. The van der Waals surface area contributed by atoms with Gasteiger partial charge in [-0.1, -0.05) is 0 Å². The van der Waals surface area contributed by atoms with Crippen molar-refractivity contribution in [1.82, 2.24) is 4.90 Å². The Morgan fingerprint density at radius 3 is 2.33 bits per heavy atom. The number of nitrogens with zero attached hydrogens (tertiary/aromatic N) is 1. The first-order valence-electron chi connectivity index (χ1n) is 6.09. The lowest BCUT2D eigenvalue weighted by Crippen LogP contribution is -2.44. The van der Waals surface area contributed by atoms with Crippen molar-refractivity contribution in [3.05, 3.63) is 0 Å². The van der Waals surface area contributed by atoms with E-state index in [0.717, 1.165) is 12.8 Å². The molecule has 1 rings (SSSR count). The summed E-state index contributed by atoms with van der Waals surface area (Å²) < 4.78 is 10.6. The molecule has 1 fully saturated rings. The van der Waals surface area contributed by atoms with Crippen LogP contribution in [0.2, 0.25) is 0 Å². The number of likely N-dealkylation sites (tertiary alicyclic amines) is 1. The number of hydrogen-bond acceptors (Lipinski definition) is 4. The zero-order valence-electron chi connectivity index (χ0n) is 11.1. The molecule has 0 aliphatic carbocycles. The van der Waals surface area contributed by atoms with Crippen molar-refractivity contribution in [2.24, 2.45) is 0 Å². The quantitative estimate of drug-likeness (QED) is 0.716. The van der Waals surface area contributed by atoms with Gasteiger partial charge in [-0.15, -0.1) is 0 Å². The van der Waals surface area contributed by atoms with Gasteiger partial charge in [0.25, 0.3) is 5.91 Å². The predicted molar refractivity (Wildman–Crippen MR) is 64.0 cm³/mol. The molecular formula is C12H21NO5. The molecule has 104 valence electrons. The van der Waals surface area contributed by atoms with Crippen molar-refractivity contribution in [1.29, 1.82) is 0 Å². The number of ether oxygens (including phenoxy) is 2. The number of aliphatic carboxylic acids is 1. The van der Waals surface area contributed by atoms with E-state index in [4.69, 9.17) is 14.6 Å². The normalized spacial score (nSPS) is 17.8. The molecule has 1 unspecified atom stereocenters. The third-order valence-electron chi connectivity index (χ3n) is 2.97. The fourth-order valence-corrected chi connectivity index (χ4v) is 1.87.